The maximum absolute atomic E-state index is 14.2. The molecule has 1 atom stereocenters. The van der Waals surface area contributed by atoms with Gasteiger partial charge in [0.15, 0.2) is 23.7 Å². The van der Waals surface area contributed by atoms with E-state index >= 15 is 0 Å². The molecule has 0 aliphatic rings. The van der Waals surface area contributed by atoms with Crippen LogP contribution in [0.3, 0.4) is 0 Å². The summed E-state index contributed by atoms with van der Waals surface area (Å²) in [5.41, 5.74) is 1.69. The number of aliphatic hydroxyl groups excluding tert-OH is 1. The molecular weight excluding hydrogens is 354 g/mol. The molecule has 0 fully saturated rings. The molecule has 3 N–H and O–H groups in total. The monoisotopic (exact) mass is 376 g/mol. The number of benzene rings is 2. The number of hydrogen-bond acceptors (Lipinski definition) is 5. The number of rotatable bonds is 9. The first kappa shape index (κ1) is 20.7. The van der Waals surface area contributed by atoms with E-state index in [0.29, 0.717) is 11.3 Å². The smallest absolute Gasteiger partial charge is 0.190 e. The average Bonchev–Trinajstić information content (AvgIpc) is 2.65. The van der Waals surface area contributed by atoms with Crippen molar-refractivity contribution in [1.29, 1.82) is 5.41 Å². The van der Waals surface area contributed by atoms with Gasteiger partial charge in [0, 0.05) is 19.7 Å². The molecule has 0 aliphatic heterocycles. The Labute approximate surface area is 156 Å². The Balaban J connectivity index is 2.13. The van der Waals surface area contributed by atoms with Gasteiger partial charge in [-0.25, -0.2) is 8.78 Å². The SMILES string of the molecule is CN=C(c1ccccc1)C(C=N)COc1c(F)cc(CCC(O)O)cc1F. The standard InChI is InChI=1S/C20H22F2N2O3/c1-24-19(14-5-3-2-4-6-14)15(11-23)12-27-20-16(21)9-13(10-17(20)22)7-8-18(25)26/h2-6,9-11,15,18,23,25-26H,7-8,12H2,1H3. The molecule has 0 saturated carbocycles. The second kappa shape index (κ2) is 9.89. The van der Waals surface area contributed by atoms with Crippen molar-refractivity contribution in [2.24, 2.45) is 10.9 Å². The van der Waals surface area contributed by atoms with Gasteiger partial charge in [0.25, 0.3) is 0 Å². The van der Waals surface area contributed by atoms with E-state index in [4.69, 9.17) is 20.4 Å². The molecule has 0 aromatic heterocycles. The van der Waals surface area contributed by atoms with Crippen molar-refractivity contribution >= 4 is 11.9 Å². The molecule has 27 heavy (non-hydrogen) atoms. The molecule has 0 radical (unpaired) electrons. The van der Waals surface area contributed by atoms with E-state index in [9.17, 15) is 8.78 Å². The highest BCUT2D eigenvalue weighted by atomic mass is 19.1. The highest BCUT2D eigenvalue weighted by Gasteiger charge is 2.19. The lowest BCUT2D eigenvalue weighted by Crippen LogP contribution is -2.24. The van der Waals surface area contributed by atoms with Crippen molar-refractivity contribution in [3.05, 3.63) is 65.2 Å². The summed E-state index contributed by atoms with van der Waals surface area (Å²) in [5, 5.41) is 25.3. The van der Waals surface area contributed by atoms with Crippen molar-refractivity contribution < 1.29 is 23.7 Å². The minimum absolute atomic E-state index is 0.0254. The van der Waals surface area contributed by atoms with Crippen LogP contribution in [0.25, 0.3) is 0 Å². The van der Waals surface area contributed by atoms with Gasteiger partial charge in [-0.2, -0.15) is 0 Å². The lowest BCUT2D eigenvalue weighted by Gasteiger charge is -2.17. The zero-order chi connectivity index (χ0) is 19.8. The van der Waals surface area contributed by atoms with E-state index in [1.54, 1.807) is 7.05 Å². The van der Waals surface area contributed by atoms with E-state index in [1.165, 1.54) is 0 Å². The average molecular weight is 376 g/mol. The van der Waals surface area contributed by atoms with Crippen LogP contribution in [0.2, 0.25) is 0 Å². The Morgan fingerprint density at radius 1 is 1.19 bits per heavy atom. The Bertz CT molecular complexity index is 772. The molecule has 144 valence electrons. The van der Waals surface area contributed by atoms with Crippen LogP contribution in [0.5, 0.6) is 5.75 Å². The summed E-state index contributed by atoms with van der Waals surface area (Å²) in [6.07, 6.45) is -0.315. The summed E-state index contributed by atoms with van der Waals surface area (Å²) in [6.45, 7) is -0.145. The Hall–Kier alpha value is -2.64. The van der Waals surface area contributed by atoms with E-state index < -0.39 is 29.6 Å². The number of aryl methyl sites for hydroxylation is 1. The normalized spacial score (nSPS) is 12.9. The quantitative estimate of drug-likeness (QED) is 0.465. The molecular formula is C20H22F2N2O3. The maximum atomic E-state index is 14.2. The number of ether oxygens (including phenoxy) is 1. The van der Waals surface area contributed by atoms with Crippen LogP contribution in [-0.4, -0.2) is 42.1 Å². The molecule has 2 rings (SSSR count). The summed E-state index contributed by atoms with van der Waals surface area (Å²) < 4.78 is 33.8. The van der Waals surface area contributed by atoms with Gasteiger partial charge >= 0.3 is 0 Å². The largest absolute Gasteiger partial charge is 0.487 e. The van der Waals surface area contributed by atoms with E-state index in [0.717, 1.165) is 23.9 Å². The third-order valence-electron chi connectivity index (χ3n) is 4.02. The molecule has 0 amide bonds. The summed E-state index contributed by atoms with van der Waals surface area (Å²) in [6, 6.07) is 11.4. The molecule has 0 saturated heterocycles. The molecule has 5 nitrogen and oxygen atoms in total. The van der Waals surface area contributed by atoms with Gasteiger partial charge in [-0.15, -0.1) is 0 Å². The molecule has 0 spiro atoms. The lowest BCUT2D eigenvalue weighted by atomic mass is 9.98. The fourth-order valence-electron chi connectivity index (χ4n) is 2.69. The van der Waals surface area contributed by atoms with Crippen LogP contribution in [0.1, 0.15) is 17.5 Å². The predicted octanol–water partition coefficient (Wildman–Crippen LogP) is 2.97. The summed E-state index contributed by atoms with van der Waals surface area (Å²) in [4.78, 5) is 4.19. The molecule has 7 heteroatoms. The first-order chi connectivity index (χ1) is 13.0. The van der Waals surface area contributed by atoms with Crippen LogP contribution in [0.4, 0.5) is 8.78 Å². The molecule has 2 aromatic rings. The predicted molar refractivity (Wildman–Crippen MR) is 99.6 cm³/mol. The van der Waals surface area contributed by atoms with Gasteiger partial charge in [-0.3, -0.25) is 4.99 Å². The van der Waals surface area contributed by atoms with Crippen LogP contribution in [0, 0.1) is 23.0 Å². The van der Waals surface area contributed by atoms with Crippen molar-refractivity contribution in [2.75, 3.05) is 13.7 Å². The number of aliphatic imine (C=N–C) groups is 1. The van der Waals surface area contributed by atoms with E-state index in [2.05, 4.69) is 4.99 Å². The maximum Gasteiger partial charge on any atom is 0.190 e. The molecule has 0 bridgehead atoms. The molecule has 0 heterocycles. The van der Waals surface area contributed by atoms with Crippen molar-refractivity contribution in [1.82, 2.24) is 0 Å². The zero-order valence-electron chi connectivity index (χ0n) is 14.9. The van der Waals surface area contributed by atoms with Gasteiger partial charge in [0.05, 0.1) is 11.6 Å². The first-order valence-electron chi connectivity index (χ1n) is 8.45. The fraction of sp³-hybridized carbons (Fsp3) is 0.300. The zero-order valence-corrected chi connectivity index (χ0v) is 14.9. The fourth-order valence-corrected chi connectivity index (χ4v) is 2.69. The molecule has 0 aliphatic carbocycles. The minimum Gasteiger partial charge on any atom is -0.487 e. The van der Waals surface area contributed by atoms with Gasteiger partial charge < -0.3 is 20.4 Å². The van der Waals surface area contributed by atoms with Crippen molar-refractivity contribution in [2.45, 2.75) is 19.1 Å². The number of nitrogens with one attached hydrogen (secondary N) is 1. The first-order valence-corrected chi connectivity index (χ1v) is 8.45. The third-order valence-corrected chi connectivity index (χ3v) is 4.02. The van der Waals surface area contributed by atoms with Gasteiger partial charge in [0.2, 0.25) is 0 Å². The minimum atomic E-state index is -1.54. The van der Waals surface area contributed by atoms with Gasteiger partial charge in [0.1, 0.15) is 6.61 Å². The molecule has 2 aromatic carbocycles. The van der Waals surface area contributed by atoms with Crippen LogP contribution in [0.15, 0.2) is 47.5 Å². The van der Waals surface area contributed by atoms with E-state index in [1.807, 2.05) is 30.3 Å². The Morgan fingerprint density at radius 3 is 2.33 bits per heavy atom. The summed E-state index contributed by atoms with van der Waals surface area (Å²) in [7, 11) is 1.59. The number of hydrogen-bond donors (Lipinski definition) is 3. The number of aliphatic hydroxyl groups is 2. The van der Waals surface area contributed by atoms with E-state index in [-0.39, 0.29) is 19.4 Å². The Morgan fingerprint density at radius 2 is 1.81 bits per heavy atom. The third kappa shape index (κ3) is 5.67. The van der Waals surface area contributed by atoms with Crippen molar-refractivity contribution in [3.63, 3.8) is 0 Å². The van der Waals surface area contributed by atoms with Gasteiger partial charge in [-0.1, -0.05) is 30.3 Å². The summed E-state index contributed by atoms with van der Waals surface area (Å²) >= 11 is 0. The number of halogens is 2. The van der Waals surface area contributed by atoms with Crippen LogP contribution < -0.4 is 4.74 Å². The van der Waals surface area contributed by atoms with Crippen LogP contribution >= 0.6 is 0 Å². The second-order valence-corrected chi connectivity index (χ2v) is 5.97. The number of nitrogens with zero attached hydrogens (tertiary/aromatic N) is 1. The van der Waals surface area contributed by atoms with Gasteiger partial charge in [-0.05, 0) is 29.7 Å². The summed E-state index contributed by atoms with van der Waals surface area (Å²) in [5.74, 6) is -2.86. The highest BCUT2D eigenvalue weighted by Crippen LogP contribution is 2.25. The van der Waals surface area contributed by atoms with Crippen molar-refractivity contribution in [3.8, 4) is 5.75 Å². The molecule has 1 unspecified atom stereocenters. The Kier molecular flexibility index (Phi) is 7.57. The lowest BCUT2D eigenvalue weighted by molar-refractivity contribution is -0.0447. The second-order valence-electron chi connectivity index (χ2n) is 5.97. The van der Waals surface area contributed by atoms with Crippen LogP contribution in [-0.2, 0) is 6.42 Å². The topological polar surface area (TPSA) is 85.9 Å². The highest BCUT2D eigenvalue weighted by molar-refractivity contribution is 6.09.